The first-order valence-electron chi connectivity index (χ1n) is 32.4. The predicted molar refractivity (Wildman–Crippen MR) is 318 cm³/mol. The molecule has 9 heteroatoms. The van der Waals surface area contributed by atoms with E-state index in [1.807, 2.05) is 6.08 Å². The molecule has 1 saturated heterocycles. The number of hydrogen-bond donors (Lipinski definition) is 6. The van der Waals surface area contributed by atoms with Gasteiger partial charge in [0.05, 0.1) is 25.4 Å². The SMILES string of the molecule is CCCCCCC/C=C\C/C=C\CCCCCCCCCCCCCCCCCCCCCCCCCCCCCC(=O)NC(COC1OC(CO)C(O)C(O)C1O)C(O)/C=C/CC/C=C/CCCCCCCCC. The van der Waals surface area contributed by atoms with E-state index in [2.05, 4.69) is 55.6 Å². The first-order valence-corrected chi connectivity index (χ1v) is 32.4. The van der Waals surface area contributed by atoms with Gasteiger partial charge in [-0.05, 0) is 64.2 Å². The zero-order valence-electron chi connectivity index (χ0n) is 49.1. The second-order valence-electron chi connectivity index (χ2n) is 22.5. The quantitative estimate of drug-likeness (QED) is 0.0261. The Balaban J connectivity index is 2.03. The fraction of sp³-hybridized carbons (Fsp3) is 0.864. The molecule has 1 rings (SSSR count). The fourth-order valence-corrected chi connectivity index (χ4v) is 10.3. The van der Waals surface area contributed by atoms with Crippen molar-refractivity contribution in [3.63, 3.8) is 0 Å². The van der Waals surface area contributed by atoms with E-state index in [4.69, 9.17) is 9.47 Å². The highest BCUT2D eigenvalue weighted by molar-refractivity contribution is 5.76. The molecule has 0 bridgehead atoms. The zero-order valence-corrected chi connectivity index (χ0v) is 49.1. The Hall–Kier alpha value is -1.85. The molecular formula is C66H123NO8. The molecule has 1 aliphatic heterocycles. The van der Waals surface area contributed by atoms with E-state index >= 15 is 0 Å². The Bertz CT molecular complexity index is 1320. The molecule has 7 atom stereocenters. The van der Waals surface area contributed by atoms with Crippen LogP contribution in [0.5, 0.6) is 0 Å². The van der Waals surface area contributed by atoms with Crippen molar-refractivity contribution in [2.75, 3.05) is 13.2 Å². The Morgan fingerprint density at radius 1 is 0.453 bits per heavy atom. The minimum atomic E-state index is -1.57. The molecule has 0 spiro atoms. The number of ether oxygens (including phenoxy) is 2. The summed E-state index contributed by atoms with van der Waals surface area (Å²) in [5.74, 6) is -0.183. The van der Waals surface area contributed by atoms with E-state index in [1.54, 1.807) is 6.08 Å². The van der Waals surface area contributed by atoms with E-state index in [9.17, 15) is 30.3 Å². The first kappa shape index (κ1) is 71.2. The van der Waals surface area contributed by atoms with Crippen molar-refractivity contribution in [1.82, 2.24) is 5.32 Å². The molecule has 1 fully saturated rings. The number of rotatable bonds is 56. The summed E-state index contributed by atoms with van der Waals surface area (Å²) in [6, 6.07) is -0.820. The number of carbonyl (C=O) groups excluding carboxylic acids is 1. The molecule has 9 nitrogen and oxygen atoms in total. The van der Waals surface area contributed by atoms with Gasteiger partial charge >= 0.3 is 0 Å². The molecule has 0 aromatic heterocycles. The van der Waals surface area contributed by atoms with Crippen LogP contribution in [-0.4, -0.2) is 87.5 Å². The number of aliphatic hydroxyl groups is 5. The van der Waals surface area contributed by atoms with Crippen LogP contribution >= 0.6 is 0 Å². The molecule has 1 amide bonds. The Labute approximate surface area is 463 Å². The molecule has 0 aliphatic carbocycles. The summed E-state index contributed by atoms with van der Waals surface area (Å²) in [7, 11) is 0. The van der Waals surface area contributed by atoms with E-state index in [0.29, 0.717) is 6.42 Å². The van der Waals surface area contributed by atoms with Gasteiger partial charge in [0.15, 0.2) is 6.29 Å². The topological polar surface area (TPSA) is 149 Å². The van der Waals surface area contributed by atoms with E-state index in [-0.39, 0.29) is 12.5 Å². The van der Waals surface area contributed by atoms with Crippen molar-refractivity contribution < 1.29 is 39.8 Å². The lowest BCUT2D eigenvalue weighted by molar-refractivity contribution is -0.302. The molecule has 75 heavy (non-hydrogen) atoms. The number of aliphatic hydroxyl groups excluding tert-OH is 5. The number of unbranched alkanes of at least 4 members (excludes halogenated alkanes) is 40. The highest BCUT2D eigenvalue weighted by Gasteiger charge is 2.44. The van der Waals surface area contributed by atoms with Gasteiger partial charge < -0.3 is 40.3 Å². The maximum atomic E-state index is 13.0. The Kier molecular flexibility index (Phi) is 52.6. The summed E-state index contributed by atoms with van der Waals surface area (Å²) in [5, 5.41) is 54.4. The van der Waals surface area contributed by atoms with Crippen molar-refractivity contribution in [3.05, 3.63) is 48.6 Å². The molecule has 0 aromatic carbocycles. The molecule has 7 unspecified atom stereocenters. The monoisotopic (exact) mass is 1060 g/mol. The van der Waals surface area contributed by atoms with Gasteiger partial charge in [0.25, 0.3) is 0 Å². The van der Waals surface area contributed by atoms with Gasteiger partial charge in [0.2, 0.25) is 5.91 Å². The fourth-order valence-electron chi connectivity index (χ4n) is 10.3. The van der Waals surface area contributed by atoms with Crippen LogP contribution in [0.25, 0.3) is 0 Å². The van der Waals surface area contributed by atoms with Crippen LogP contribution in [0.2, 0.25) is 0 Å². The second kappa shape index (κ2) is 55.5. The van der Waals surface area contributed by atoms with Crippen LogP contribution in [0.15, 0.2) is 48.6 Å². The van der Waals surface area contributed by atoms with Crippen LogP contribution in [0, 0.1) is 0 Å². The highest BCUT2D eigenvalue weighted by atomic mass is 16.7. The van der Waals surface area contributed by atoms with Gasteiger partial charge in [-0.2, -0.15) is 0 Å². The summed E-state index contributed by atoms with van der Waals surface area (Å²) in [6.07, 6.45) is 68.0. The normalized spacial score (nSPS) is 19.2. The number of nitrogens with one attached hydrogen (secondary N) is 1. The van der Waals surface area contributed by atoms with Crippen LogP contribution in [0.3, 0.4) is 0 Å². The van der Waals surface area contributed by atoms with E-state index in [1.165, 1.54) is 244 Å². The standard InChI is InChI=1S/C66H123NO8/c1-3-5-7-9-11-13-15-17-18-19-20-21-22-23-24-25-26-27-28-29-30-31-32-33-34-35-36-37-38-39-40-41-42-44-46-48-50-52-54-56-62(70)67-59(58-74-66-65(73)64(72)63(71)61(57-68)75-66)60(69)55-53-51-49-47-45-43-16-14-12-10-8-6-4-2/h15,17,19-20,45,47,53,55,59-61,63-66,68-69,71-73H,3-14,16,18,21-44,46,48-52,54,56-58H2,1-2H3,(H,67,70)/b17-15-,20-19-,47-45+,55-53+. The van der Waals surface area contributed by atoms with Gasteiger partial charge in [-0.25, -0.2) is 0 Å². The van der Waals surface area contributed by atoms with Gasteiger partial charge in [-0.1, -0.05) is 287 Å². The average molecular weight is 1060 g/mol. The number of carbonyl (C=O) groups is 1. The summed E-state index contributed by atoms with van der Waals surface area (Å²) >= 11 is 0. The number of amides is 1. The van der Waals surface area contributed by atoms with E-state index < -0.39 is 49.5 Å². The van der Waals surface area contributed by atoms with Crippen molar-refractivity contribution >= 4 is 5.91 Å². The molecular weight excluding hydrogens is 935 g/mol. The van der Waals surface area contributed by atoms with Crippen LogP contribution in [-0.2, 0) is 14.3 Å². The predicted octanol–water partition coefficient (Wildman–Crippen LogP) is 16.9. The van der Waals surface area contributed by atoms with Gasteiger partial charge in [0, 0.05) is 6.42 Å². The van der Waals surface area contributed by atoms with Gasteiger partial charge in [-0.15, -0.1) is 0 Å². The number of hydrogen-bond acceptors (Lipinski definition) is 8. The van der Waals surface area contributed by atoms with Crippen LogP contribution in [0.4, 0.5) is 0 Å². The van der Waals surface area contributed by atoms with Crippen molar-refractivity contribution in [2.45, 2.75) is 352 Å². The van der Waals surface area contributed by atoms with E-state index in [0.717, 1.165) is 44.9 Å². The molecule has 1 aliphatic rings. The molecule has 440 valence electrons. The first-order chi connectivity index (χ1) is 36.8. The lowest BCUT2D eigenvalue weighted by Crippen LogP contribution is -2.60. The minimum absolute atomic E-state index is 0.183. The van der Waals surface area contributed by atoms with Crippen LogP contribution in [0.1, 0.15) is 309 Å². The van der Waals surface area contributed by atoms with Crippen molar-refractivity contribution in [3.8, 4) is 0 Å². The molecule has 0 saturated carbocycles. The minimum Gasteiger partial charge on any atom is -0.394 e. The highest BCUT2D eigenvalue weighted by Crippen LogP contribution is 2.23. The molecule has 0 radical (unpaired) electrons. The maximum absolute atomic E-state index is 13.0. The van der Waals surface area contributed by atoms with Crippen molar-refractivity contribution in [1.29, 1.82) is 0 Å². The van der Waals surface area contributed by atoms with Crippen molar-refractivity contribution in [2.24, 2.45) is 0 Å². The summed E-state index contributed by atoms with van der Waals surface area (Å²) < 4.78 is 11.2. The smallest absolute Gasteiger partial charge is 0.220 e. The van der Waals surface area contributed by atoms with Gasteiger partial charge in [-0.3, -0.25) is 4.79 Å². The lowest BCUT2D eigenvalue weighted by Gasteiger charge is -2.40. The Morgan fingerprint density at radius 2 is 0.800 bits per heavy atom. The third-order valence-electron chi connectivity index (χ3n) is 15.4. The largest absolute Gasteiger partial charge is 0.394 e. The zero-order chi connectivity index (χ0) is 54.3. The summed E-state index contributed by atoms with van der Waals surface area (Å²) in [6.45, 7) is 3.76. The second-order valence-corrected chi connectivity index (χ2v) is 22.5. The summed E-state index contributed by atoms with van der Waals surface area (Å²) in [4.78, 5) is 13.0. The number of allylic oxidation sites excluding steroid dienone is 7. The van der Waals surface area contributed by atoms with Crippen LogP contribution < -0.4 is 5.32 Å². The maximum Gasteiger partial charge on any atom is 0.220 e. The molecule has 0 aromatic rings. The summed E-state index contributed by atoms with van der Waals surface area (Å²) in [5.41, 5.74) is 0. The van der Waals surface area contributed by atoms with Gasteiger partial charge in [0.1, 0.15) is 24.4 Å². The molecule has 1 heterocycles. The molecule has 6 N–H and O–H groups in total. The lowest BCUT2D eigenvalue weighted by atomic mass is 9.99. The average Bonchev–Trinajstić information content (AvgIpc) is 3.41. The third-order valence-corrected chi connectivity index (χ3v) is 15.4. The Morgan fingerprint density at radius 3 is 1.20 bits per heavy atom. The third kappa shape index (κ3) is 44.7.